The van der Waals surface area contributed by atoms with Crippen molar-refractivity contribution in [1.29, 1.82) is 0 Å². The van der Waals surface area contributed by atoms with E-state index in [1.54, 1.807) is 6.07 Å². The summed E-state index contributed by atoms with van der Waals surface area (Å²) in [6.45, 7) is 3.48. The Labute approximate surface area is 168 Å². The second-order valence-electron chi connectivity index (χ2n) is 6.55. The Balaban J connectivity index is 0.00000156. The number of halogens is 5. The van der Waals surface area contributed by atoms with Gasteiger partial charge in [-0.25, -0.2) is 4.39 Å². The van der Waals surface area contributed by atoms with Gasteiger partial charge in [0.25, 0.3) is 0 Å². The van der Waals surface area contributed by atoms with E-state index in [2.05, 4.69) is 26.1 Å². The summed E-state index contributed by atoms with van der Waals surface area (Å²) in [6, 6.07) is 1.51. The molecule has 1 aromatic carbocycles. The molecule has 0 radical (unpaired) electrons. The van der Waals surface area contributed by atoms with Gasteiger partial charge in [-0.2, -0.15) is 4.39 Å². The first-order valence-electron chi connectivity index (χ1n) is 8.40. The fourth-order valence-corrected chi connectivity index (χ4v) is 4.41. The molecule has 3 nitrogen and oxygen atoms in total. The van der Waals surface area contributed by atoms with Crippen LogP contribution in [0, 0.1) is 17.6 Å². The number of hydrogen-bond donors (Lipinski definition) is 2. The van der Waals surface area contributed by atoms with Gasteiger partial charge >= 0.3 is 0 Å². The van der Waals surface area contributed by atoms with E-state index < -0.39 is 17.4 Å². The van der Waals surface area contributed by atoms with Crippen molar-refractivity contribution in [2.75, 3.05) is 26.2 Å². The van der Waals surface area contributed by atoms with Crippen LogP contribution in [0.1, 0.15) is 43.7 Å². The summed E-state index contributed by atoms with van der Waals surface area (Å²) < 4.78 is 27.9. The number of phenols is 1. The topological polar surface area (TPSA) is 35.5 Å². The number of piperazine rings is 1. The van der Waals surface area contributed by atoms with Crippen molar-refractivity contribution in [3.63, 3.8) is 0 Å². The third kappa shape index (κ3) is 4.98. The Morgan fingerprint density at radius 2 is 1.68 bits per heavy atom. The van der Waals surface area contributed by atoms with Crippen LogP contribution in [-0.2, 0) is 0 Å². The summed E-state index contributed by atoms with van der Waals surface area (Å²) in [5.41, 5.74) is 0.518. The molecule has 144 valence electrons. The van der Waals surface area contributed by atoms with Gasteiger partial charge in [0.15, 0.2) is 11.6 Å². The highest BCUT2D eigenvalue weighted by atomic mass is 79.9. The van der Waals surface area contributed by atoms with Gasteiger partial charge in [0.1, 0.15) is 0 Å². The smallest absolute Gasteiger partial charge is 0.201 e. The fraction of sp³-hybridized carbons (Fsp3) is 0.647. The van der Waals surface area contributed by atoms with Crippen LogP contribution in [0.2, 0.25) is 0 Å². The van der Waals surface area contributed by atoms with Gasteiger partial charge in [-0.1, -0.05) is 19.3 Å². The van der Waals surface area contributed by atoms with E-state index in [4.69, 9.17) is 0 Å². The molecule has 3 rings (SSSR count). The maximum Gasteiger partial charge on any atom is 0.201 e. The molecule has 1 heterocycles. The molecular formula is C17H25BrCl2F2N2O. The lowest BCUT2D eigenvalue weighted by Gasteiger charge is -2.41. The summed E-state index contributed by atoms with van der Waals surface area (Å²) in [7, 11) is 0. The second-order valence-corrected chi connectivity index (χ2v) is 7.41. The molecule has 0 bridgehead atoms. The molecule has 2 N–H and O–H groups in total. The third-order valence-corrected chi connectivity index (χ3v) is 5.70. The number of nitrogens with one attached hydrogen (secondary N) is 1. The summed E-state index contributed by atoms with van der Waals surface area (Å²) in [5, 5.41) is 13.6. The van der Waals surface area contributed by atoms with Crippen LogP contribution in [0.5, 0.6) is 5.75 Å². The molecule has 0 amide bonds. The van der Waals surface area contributed by atoms with Crippen molar-refractivity contribution in [2.24, 2.45) is 5.92 Å². The normalized spacial score (nSPS) is 20.4. The number of benzene rings is 1. The maximum absolute atomic E-state index is 14.1. The molecule has 2 aliphatic rings. The molecule has 1 aromatic rings. The van der Waals surface area contributed by atoms with Crippen molar-refractivity contribution < 1.29 is 13.9 Å². The van der Waals surface area contributed by atoms with E-state index in [0.717, 1.165) is 39.0 Å². The van der Waals surface area contributed by atoms with Gasteiger partial charge in [0, 0.05) is 37.8 Å². The first kappa shape index (κ1) is 22.9. The lowest BCUT2D eigenvalue weighted by molar-refractivity contribution is 0.101. The van der Waals surface area contributed by atoms with Crippen molar-refractivity contribution in [2.45, 2.75) is 38.1 Å². The monoisotopic (exact) mass is 460 g/mol. The Morgan fingerprint density at radius 1 is 1.08 bits per heavy atom. The maximum atomic E-state index is 14.1. The van der Waals surface area contributed by atoms with Crippen LogP contribution in [0.3, 0.4) is 0 Å². The number of hydrogen-bond acceptors (Lipinski definition) is 3. The van der Waals surface area contributed by atoms with Crippen LogP contribution in [-0.4, -0.2) is 36.2 Å². The SMILES string of the molecule is Cl.Cl.Oc1c([C@H](C2CCCCC2)N2CCNCC2)cc(Br)c(F)c1F. The van der Waals surface area contributed by atoms with Crippen molar-refractivity contribution >= 4 is 40.7 Å². The predicted octanol–water partition coefficient (Wildman–Crippen LogP) is 4.80. The van der Waals surface area contributed by atoms with Gasteiger partial charge in [-0.15, -0.1) is 24.8 Å². The van der Waals surface area contributed by atoms with Gasteiger partial charge < -0.3 is 10.4 Å². The van der Waals surface area contributed by atoms with Crippen molar-refractivity contribution in [1.82, 2.24) is 10.2 Å². The van der Waals surface area contributed by atoms with Gasteiger partial charge in [-0.05, 0) is 40.8 Å². The lowest BCUT2D eigenvalue weighted by Crippen LogP contribution is -2.47. The van der Waals surface area contributed by atoms with Gasteiger partial charge in [0.05, 0.1) is 4.47 Å². The predicted molar refractivity (Wildman–Crippen MR) is 104 cm³/mol. The van der Waals surface area contributed by atoms with Crippen molar-refractivity contribution in [3.8, 4) is 5.75 Å². The molecule has 1 saturated heterocycles. The molecule has 1 atom stereocenters. The fourth-order valence-electron chi connectivity index (χ4n) is 3.99. The molecule has 8 heteroatoms. The Bertz CT molecular complexity index is 550. The van der Waals surface area contributed by atoms with Crippen molar-refractivity contribution in [3.05, 3.63) is 27.7 Å². The van der Waals surface area contributed by atoms with E-state index in [1.807, 2.05) is 0 Å². The number of nitrogens with zero attached hydrogens (tertiary/aromatic N) is 1. The number of aromatic hydroxyl groups is 1. The number of rotatable bonds is 3. The number of phenolic OH excluding ortho intramolecular Hbond substituents is 1. The summed E-state index contributed by atoms with van der Waals surface area (Å²) >= 11 is 3.09. The zero-order valence-corrected chi connectivity index (χ0v) is 17.2. The Kier molecular flexibility index (Phi) is 9.40. The average molecular weight is 462 g/mol. The van der Waals surface area contributed by atoms with E-state index in [-0.39, 0.29) is 35.3 Å². The van der Waals surface area contributed by atoms with Crippen LogP contribution in [0.15, 0.2) is 10.5 Å². The van der Waals surface area contributed by atoms with Crippen LogP contribution in [0.25, 0.3) is 0 Å². The van der Waals surface area contributed by atoms with E-state index in [0.29, 0.717) is 11.5 Å². The molecule has 25 heavy (non-hydrogen) atoms. The second kappa shape index (κ2) is 10.3. The quantitative estimate of drug-likeness (QED) is 0.634. The molecule has 0 aromatic heterocycles. The molecule has 1 aliphatic carbocycles. The zero-order chi connectivity index (χ0) is 16.4. The lowest BCUT2D eigenvalue weighted by atomic mass is 9.80. The van der Waals surface area contributed by atoms with E-state index in [1.165, 1.54) is 19.3 Å². The summed E-state index contributed by atoms with van der Waals surface area (Å²) in [6.07, 6.45) is 5.71. The van der Waals surface area contributed by atoms with E-state index in [9.17, 15) is 13.9 Å². The van der Waals surface area contributed by atoms with E-state index >= 15 is 0 Å². The highest BCUT2D eigenvalue weighted by Crippen LogP contribution is 2.43. The Hall–Kier alpha value is -0.140. The van der Waals surface area contributed by atoms with Crippen LogP contribution < -0.4 is 5.32 Å². The molecule has 0 unspecified atom stereocenters. The molecular weight excluding hydrogens is 437 g/mol. The minimum absolute atomic E-state index is 0. The molecule has 2 fully saturated rings. The highest BCUT2D eigenvalue weighted by molar-refractivity contribution is 9.10. The van der Waals surface area contributed by atoms with Gasteiger partial charge in [0.2, 0.25) is 5.82 Å². The largest absolute Gasteiger partial charge is 0.505 e. The average Bonchev–Trinajstić information content (AvgIpc) is 2.60. The first-order valence-corrected chi connectivity index (χ1v) is 9.20. The summed E-state index contributed by atoms with van der Waals surface area (Å²) in [5.74, 6) is -2.32. The molecule has 1 saturated carbocycles. The van der Waals surface area contributed by atoms with Crippen LogP contribution >= 0.6 is 40.7 Å². The molecule has 0 spiro atoms. The standard InChI is InChI=1S/C17H23BrF2N2O.2ClH/c18-13-10-12(17(23)15(20)14(13)19)16(11-4-2-1-3-5-11)22-8-6-21-7-9-22;;/h10-11,16,21,23H,1-9H2;2*1H/t16-;;/m0../s1. The summed E-state index contributed by atoms with van der Waals surface area (Å²) in [4.78, 5) is 2.31. The first-order chi connectivity index (χ1) is 11.1. The zero-order valence-electron chi connectivity index (χ0n) is 13.9. The third-order valence-electron chi connectivity index (χ3n) is 5.13. The molecule has 1 aliphatic heterocycles. The highest BCUT2D eigenvalue weighted by Gasteiger charge is 2.34. The van der Waals surface area contributed by atoms with Crippen LogP contribution in [0.4, 0.5) is 8.78 Å². The minimum atomic E-state index is -1.15. The minimum Gasteiger partial charge on any atom is -0.505 e. The van der Waals surface area contributed by atoms with Gasteiger partial charge in [-0.3, -0.25) is 4.90 Å². The Morgan fingerprint density at radius 3 is 2.28 bits per heavy atom.